The lowest BCUT2D eigenvalue weighted by Gasteiger charge is -2.26. The molecule has 0 saturated heterocycles. The van der Waals surface area contributed by atoms with Crippen LogP contribution in [0.1, 0.15) is 49.0 Å². The van der Waals surface area contributed by atoms with Gasteiger partial charge in [0.05, 0.1) is 5.69 Å². The molecule has 2 aliphatic rings. The van der Waals surface area contributed by atoms with E-state index in [1.54, 1.807) is 0 Å². The molecule has 1 atom stereocenters. The molecule has 2 heterocycles. The molecule has 4 rings (SSSR count). The Hall–Kier alpha value is -2.10. The highest BCUT2D eigenvalue weighted by molar-refractivity contribution is 5.97. The van der Waals surface area contributed by atoms with Gasteiger partial charge in [0.1, 0.15) is 5.82 Å². The summed E-state index contributed by atoms with van der Waals surface area (Å²) in [5, 5.41) is 0. The number of nitrogens with zero attached hydrogens (tertiary/aromatic N) is 2. The Balaban J connectivity index is 1.54. The van der Waals surface area contributed by atoms with E-state index in [0.29, 0.717) is 5.92 Å². The van der Waals surface area contributed by atoms with Crippen molar-refractivity contribution in [1.82, 2.24) is 9.97 Å². The van der Waals surface area contributed by atoms with Crippen LogP contribution >= 0.6 is 0 Å². The van der Waals surface area contributed by atoms with Crippen LogP contribution in [0.5, 0.6) is 0 Å². The van der Waals surface area contributed by atoms with Crippen LogP contribution in [-0.2, 0) is 24.1 Å². The van der Waals surface area contributed by atoms with Crippen LogP contribution < -0.4 is 4.90 Å². The molecule has 1 aromatic heterocycles. The van der Waals surface area contributed by atoms with E-state index in [0.717, 1.165) is 43.7 Å². The Morgan fingerprint density at radius 2 is 2.13 bits per heavy atom. The summed E-state index contributed by atoms with van der Waals surface area (Å²) in [4.78, 5) is 23.1. The van der Waals surface area contributed by atoms with E-state index >= 15 is 0 Å². The van der Waals surface area contributed by atoms with Gasteiger partial charge in [0.2, 0.25) is 5.91 Å². The number of amides is 1. The minimum atomic E-state index is 0.0779. The first-order valence-electron chi connectivity index (χ1n) is 8.60. The number of anilines is 1. The van der Waals surface area contributed by atoms with Crippen LogP contribution in [-0.4, -0.2) is 22.4 Å². The summed E-state index contributed by atoms with van der Waals surface area (Å²) in [5.41, 5.74) is 4.74. The second kappa shape index (κ2) is 5.52. The number of aromatic amines is 1. The number of aromatic nitrogens is 2. The molecule has 0 spiro atoms. The average Bonchev–Trinajstić information content (AvgIpc) is 3.17. The van der Waals surface area contributed by atoms with Crippen molar-refractivity contribution in [2.75, 3.05) is 11.4 Å². The molecule has 4 nitrogen and oxygen atoms in total. The molecule has 1 aliphatic carbocycles. The minimum absolute atomic E-state index is 0.0779. The molecule has 23 heavy (non-hydrogen) atoms. The predicted octanol–water partition coefficient (Wildman–Crippen LogP) is 3.23. The van der Waals surface area contributed by atoms with Crippen molar-refractivity contribution in [1.29, 1.82) is 0 Å². The maximum absolute atomic E-state index is 13.0. The van der Waals surface area contributed by atoms with Gasteiger partial charge in [-0.25, -0.2) is 4.98 Å². The summed E-state index contributed by atoms with van der Waals surface area (Å²) >= 11 is 0. The number of rotatable bonds is 2. The van der Waals surface area contributed by atoms with Crippen molar-refractivity contribution in [2.45, 2.75) is 45.4 Å². The minimum Gasteiger partial charge on any atom is -0.345 e. The van der Waals surface area contributed by atoms with E-state index in [1.165, 1.54) is 17.0 Å². The third-order valence-electron chi connectivity index (χ3n) is 5.11. The van der Waals surface area contributed by atoms with Crippen molar-refractivity contribution in [2.24, 2.45) is 5.92 Å². The van der Waals surface area contributed by atoms with Gasteiger partial charge in [0.15, 0.2) is 0 Å². The summed E-state index contributed by atoms with van der Waals surface area (Å²) in [7, 11) is 0. The summed E-state index contributed by atoms with van der Waals surface area (Å²) in [6, 6.07) is 8.28. The fourth-order valence-electron chi connectivity index (χ4n) is 3.77. The van der Waals surface area contributed by atoms with Gasteiger partial charge in [-0.15, -0.1) is 0 Å². The number of hydrogen-bond acceptors (Lipinski definition) is 2. The van der Waals surface area contributed by atoms with Gasteiger partial charge < -0.3 is 9.88 Å². The molecule has 4 heteroatoms. The summed E-state index contributed by atoms with van der Waals surface area (Å²) in [6.07, 6.45) is 3.59. The Morgan fingerprint density at radius 1 is 1.30 bits per heavy atom. The molecule has 1 aromatic carbocycles. The van der Waals surface area contributed by atoms with E-state index < -0.39 is 0 Å². The molecular formula is C19H23N3O. The standard InChI is InChI=1S/C19H23N3O/c1-12(2)18-20-15-8-7-14(11-16(15)21-18)19(23)22-10-9-13-5-3-4-6-17(13)22/h3-6,12,14H,7-11H2,1-2H3,(H,20,21)/t14-/m0/s1. The number of fused-ring (bicyclic) bond motifs is 2. The number of carbonyl (C=O) groups excluding carboxylic acids is 1. The number of aryl methyl sites for hydroxylation is 1. The van der Waals surface area contributed by atoms with Crippen molar-refractivity contribution in [3.05, 3.63) is 47.0 Å². The lowest BCUT2D eigenvalue weighted by atomic mass is 9.88. The van der Waals surface area contributed by atoms with Crippen molar-refractivity contribution >= 4 is 11.6 Å². The zero-order chi connectivity index (χ0) is 16.0. The number of imidazole rings is 1. The van der Waals surface area contributed by atoms with Crippen LogP contribution in [0.25, 0.3) is 0 Å². The molecule has 0 saturated carbocycles. The smallest absolute Gasteiger partial charge is 0.230 e. The number of carbonyl (C=O) groups is 1. The predicted molar refractivity (Wildman–Crippen MR) is 90.7 cm³/mol. The molecule has 1 N–H and O–H groups in total. The Kier molecular flexibility index (Phi) is 3.47. The second-order valence-corrected chi connectivity index (χ2v) is 7.01. The number of hydrogen-bond donors (Lipinski definition) is 1. The number of nitrogens with one attached hydrogen (secondary N) is 1. The largest absolute Gasteiger partial charge is 0.345 e. The van der Waals surface area contributed by atoms with Crippen molar-refractivity contribution in [3.63, 3.8) is 0 Å². The SMILES string of the molecule is CC(C)c1nc2c([nH]1)C[C@@H](C(=O)N1CCc3ccccc31)CC2. The zero-order valence-corrected chi connectivity index (χ0v) is 13.8. The molecule has 0 unspecified atom stereocenters. The van der Waals surface area contributed by atoms with Gasteiger partial charge in [-0.05, 0) is 30.9 Å². The lowest BCUT2D eigenvalue weighted by Crippen LogP contribution is -2.37. The first-order valence-corrected chi connectivity index (χ1v) is 8.60. The zero-order valence-electron chi connectivity index (χ0n) is 13.8. The van der Waals surface area contributed by atoms with E-state index in [9.17, 15) is 4.79 Å². The van der Waals surface area contributed by atoms with Crippen LogP contribution in [0.15, 0.2) is 24.3 Å². The Bertz CT molecular complexity index is 747. The fraction of sp³-hybridized carbons (Fsp3) is 0.474. The highest BCUT2D eigenvalue weighted by atomic mass is 16.2. The molecule has 1 amide bonds. The monoisotopic (exact) mass is 309 g/mol. The molecule has 2 aromatic rings. The maximum Gasteiger partial charge on any atom is 0.230 e. The first kappa shape index (κ1) is 14.5. The lowest BCUT2D eigenvalue weighted by molar-refractivity contribution is -0.122. The molecule has 0 radical (unpaired) electrons. The normalized spacial score (nSPS) is 19.8. The van der Waals surface area contributed by atoms with Crippen molar-refractivity contribution < 1.29 is 4.79 Å². The van der Waals surface area contributed by atoms with Crippen molar-refractivity contribution in [3.8, 4) is 0 Å². The maximum atomic E-state index is 13.0. The molecule has 1 aliphatic heterocycles. The fourth-order valence-corrected chi connectivity index (χ4v) is 3.77. The number of para-hydroxylation sites is 1. The van der Waals surface area contributed by atoms with E-state index in [4.69, 9.17) is 4.98 Å². The topological polar surface area (TPSA) is 49.0 Å². The highest BCUT2D eigenvalue weighted by Gasteiger charge is 2.33. The summed E-state index contributed by atoms with van der Waals surface area (Å²) in [5.74, 6) is 1.81. The molecule has 0 fully saturated rings. The van der Waals surface area contributed by atoms with Gasteiger partial charge in [0, 0.05) is 36.2 Å². The van der Waals surface area contributed by atoms with E-state index in [2.05, 4.69) is 37.0 Å². The summed E-state index contributed by atoms with van der Waals surface area (Å²) in [6.45, 7) is 5.12. The number of H-pyrrole nitrogens is 1. The first-order chi connectivity index (χ1) is 11.1. The average molecular weight is 309 g/mol. The Labute approximate surface area is 136 Å². The molecular weight excluding hydrogens is 286 g/mol. The third-order valence-corrected chi connectivity index (χ3v) is 5.11. The third kappa shape index (κ3) is 2.46. The van der Waals surface area contributed by atoms with Crippen LogP contribution in [0.2, 0.25) is 0 Å². The van der Waals surface area contributed by atoms with Gasteiger partial charge >= 0.3 is 0 Å². The van der Waals surface area contributed by atoms with E-state index in [-0.39, 0.29) is 11.8 Å². The molecule has 120 valence electrons. The second-order valence-electron chi connectivity index (χ2n) is 7.01. The summed E-state index contributed by atoms with van der Waals surface area (Å²) < 4.78 is 0. The van der Waals surface area contributed by atoms with E-state index in [1.807, 2.05) is 11.0 Å². The van der Waals surface area contributed by atoms with Gasteiger partial charge in [-0.1, -0.05) is 32.0 Å². The Morgan fingerprint density at radius 3 is 2.96 bits per heavy atom. The quantitative estimate of drug-likeness (QED) is 0.926. The van der Waals surface area contributed by atoms with Gasteiger partial charge in [0.25, 0.3) is 0 Å². The highest BCUT2D eigenvalue weighted by Crippen LogP contribution is 2.32. The van der Waals surface area contributed by atoms with Crippen LogP contribution in [0.3, 0.4) is 0 Å². The molecule has 0 bridgehead atoms. The van der Waals surface area contributed by atoms with Gasteiger partial charge in [-0.3, -0.25) is 4.79 Å². The number of benzene rings is 1. The van der Waals surface area contributed by atoms with Crippen LogP contribution in [0, 0.1) is 5.92 Å². The van der Waals surface area contributed by atoms with Crippen LogP contribution in [0.4, 0.5) is 5.69 Å². The van der Waals surface area contributed by atoms with Gasteiger partial charge in [-0.2, -0.15) is 0 Å².